The van der Waals surface area contributed by atoms with E-state index in [1.165, 1.54) is 60.7 Å². The first-order valence-corrected chi connectivity index (χ1v) is 20.1. The fraction of sp³-hybridized carbons (Fsp3) is 0.278. The van der Waals surface area contributed by atoms with Gasteiger partial charge in [-0.2, -0.15) is 9.97 Å². The number of rotatable bonds is 22. The van der Waals surface area contributed by atoms with Crippen LogP contribution in [-0.4, -0.2) is 59.3 Å². The van der Waals surface area contributed by atoms with Crippen LogP contribution in [0.2, 0.25) is 20.1 Å². The fourth-order valence-electron chi connectivity index (χ4n) is 5.12. The number of anilines is 2. The third-order valence-electron chi connectivity index (χ3n) is 7.57. The van der Waals surface area contributed by atoms with E-state index in [1.807, 2.05) is 0 Å². The summed E-state index contributed by atoms with van der Waals surface area (Å²) in [6.07, 6.45) is 0.597. The predicted molar refractivity (Wildman–Crippen MR) is 231 cm³/mol. The zero-order valence-corrected chi connectivity index (χ0v) is 36.7. The number of aromatic nitrogens is 2. The van der Waals surface area contributed by atoms with Crippen molar-refractivity contribution in [1.29, 1.82) is 0 Å². The molecule has 2 aromatic heterocycles. The molecule has 2 atom stereocenters. The Hall–Kier alpha value is -3.90. The summed E-state index contributed by atoms with van der Waals surface area (Å²) in [5, 5.41) is 29.5. The fourth-order valence-corrected chi connectivity index (χ4v) is 6.79. The van der Waals surface area contributed by atoms with Gasteiger partial charge in [-0.1, -0.05) is 92.8 Å². The van der Waals surface area contributed by atoms with Crippen molar-refractivity contribution in [3.63, 3.8) is 0 Å². The Morgan fingerprint density at radius 2 is 1.02 bits per heavy atom. The Labute approximate surface area is 377 Å². The van der Waals surface area contributed by atoms with Gasteiger partial charge in [0.25, 0.3) is 0 Å². The molecule has 2 unspecified atom stereocenters. The van der Waals surface area contributed by atoms with Crippen LogP contribution < -0.4 is 29.6 Å². The largest absolute Gasteiger partial charge is 0.489 e. The van der Waals surface area contributed by atoms with Crippen molar-refractivity contribution in [2.45, 2.75) is 26.1 Å². The van der Waals surface area contributed by atoms with Crippen LogP contribution in [0.4, 0.5) is 23.0 Å². The first kappa shape index (κ1) is 47.8. The highest BCUT2D eigenvalue weighted by atomic mass is 35.5. The minimum atomic E-state index is -1.12. The minimum absolute atomic E-state index is 0.00133. The topological polar surface area (TPSA) is 182 Å². The van der Waals surface area contributed by atoms with Gasteiger partial charge in [0.2, 0.25) is 23.4 Å². The molecule has 0 saturated carbocycles. The van der Waals surface area contributed by atoms with Crippen molar-refractivity contribution in [2.24, 2.45) is 0 Å². The van der Waals surface area contributed by atoms with Crippen LogP contribution in [0.5, 0.6) is 23.3 Å². The lowest BCUT2D eigenvalue weighted by Gasteiger charge is -2.25. The molecule has 0 radical (unpaired) electrons. The Bertz CT molecular complexity index is 2000. The van der Waals surface area contributed by atoms with Crippen molar-refractivity contribution in [1.82, 2.24) is 9.97 Å². The molecule has 4 aromatic rings. The molecule has 0 aliphatic rings. The second-order valence-electron chi connectivity index (χ2n) is 11.6. The van der Waals surface area contributed by atoms with E-state index in [9.17, 15) is 20.2 Å². The number of nitrogens with one attached hydrogen (secondary N) is 2. The lowest BCUT2D eigenvalue weighted by molar-refractivity contribution is -0.384. The maximum atomic E-state index is 11.7. The number of hydrogen-bond acceptors (Lipinski definition) is 13. The van der Waals surface area contributed by atoms with E-state index in [0.29, 0.717) is 13.1 Å². The summed E-state index contributed by atoms with van der Waals surface area (Å²) in [6, 6.07) is 11.0. The van der Waals surface area contributed by atoms with Crippen LogP contribution in [0, 0.1) is 20.2 Å². The molecule has 0 aliphatic carbocycles. The number of benzene rings is 2. The van der Waals surface area contributed by atoms with Crippen molar-refractivity contribution < 1.29 is 33.5 Å². The molecular weight excluding hydrogens is 944 g/mol. The van der Waals surface area contributed by atoms with E-state index in [0.717, 1.165) is 0 Å². The highest BCUT2D eigenvalue weighted by Crippen LogP contribution is 2.40. The van der Waals surface area contributed by atoms with Crippen molar-refractivity contribution >= 4 is 116 Å². The van der Waals surface area contributed by atoms with Gasteiger partial charge in [-0.15, -0.1) is 0 Å². The second-order valence-corrected chi connectivity index (χ2v) is 15.2. The number of nitrogens with zero attached hydrogens (tertiary/aromatic N) is 4. The van der Waals surface area contributed by atoms with Gasteiger partial charge in [-0.05, 0) is 50.3 Å². The monoisotopic (exact) mass is 972 g/mol. The number of hydrogen-bond donors (Lipinski definition) is 2. The lowest BCUT2D eigenvalue weighted by atomic mass is 10.1. The lowest BCUT2D eigenvalue weighted by Crippen LogP contribution is -2.22. The number of pyridine rings is 2. The Balaban J connectivity index is 1.74. The van der Waals surface area contributed by atoms with Gasteiger partial charge in [0, 0.05) is 48.5 Å². The van der Waals surface area contributed by atoms with Crippen LogP contribution in [0.25, 0.3) is 0 Å². The van der Waals surface area contributed by atoms with E-state index < -0.39 is 22.1 Å². The number of halogens is 8. The molecule has 0 fully saturated rings. The summed E-state index contributed by atoms with van der Waals surface area (Å²) in [6.45, 7) is 3.57. The van der Waals surface area contributed by atoms with Crippen LogP contribution in [0.3, 0.4) is 0 Å². The highest BCUT2D eigenvalue weighted by Gasteiger charge is 2.28. The molecule has 0 bridgehead atoms. The first-order chi connectivity index (χ1) is 28.1. The molecule has 2 heterocycles. The Kier molecular flexibility index (Phi) is 18.8. The van der Waals surface area contributed by atoms with E-state index in [-0.39, 0.29) is 113 Å². The maximum Gasteiger partial charge on any atom is 0.311 e. The quantitative estimate of drug-likeness (QED) is 0.0561. The van der Waals surface area contributed by atoms with Gasteiger partial charge in [0.05, 0.1) is 43.2 Å². The van der Waals surface area contributed by atoms with Gasteiger partial charge < -0.3 is 34.3 Å². The van der Waals surface area contributed by atoms with Gasteiger partial charge >= 0.3 is 11.4 Å². The zero-order chi connectivity index (χ0) is 43.2. The van der Waals surface area contributed by atoms with Crippen molar-refractivity contribution in [2.75, 3.05) is 50.2 Å². The molecule has 0 spiro atoms. The van der Waals surface area contributed by atoms with Crippen molar-refractivity contribution in [3.8, 4) is 23.3 Å². The van der Waals surface area contributed by atoms with Gasteiger partial charge in [0.15, 0.2) is 12.2 Å². The molecule has 23 heteroatoms. The van der Waals surface area contributed by atoms with Crippen LogP contribution in [-0.2, 0) is 4.74 Å². The molecule has 4 rings (SSSR count). The zero-order valence-electron chi connectivity index (χ0n) is 30.7. The van der Waals surface area contributed by atoms with Gasteiger partial charge in [0.1, 0.15) is 33.7 Å². The highest BCUT2D eigenvalue weighted by molar-refractivity contribution is 6.56. The van der Waals surface area contributed by atoms with Gasteiger partial charge in [-0.3, -0.25) is 20.2 Å². The van der Waals surface area contributed by atoms with Crippen LogP contribution >= 0.6 is 92.8 Å². The molecule has 15 nitrogen and oxygen atoms in total. The normalized spacial score (nSPS) is 11.8. The van der Waals surface area contributed by atoms with Crippen LogP contribution in [0.1, 0.15) is 37.2 Å². The second kappa shape index (κ2) is 23.2. The molecule has 2 N–H and O–H groups in total. The minimum Gasteiger partial charge on any atom is -0.489 e. The number of ether oxygens (including phenoxy) is 5. The van der Waals surface area contributed by atoms with Crippen LogP contribution in [0.15, 0.2) is 69.7 Å². The maximum absolute atomic E-state index is 11.7. The van der Waals surface area contributed by atoms with Gasteiger partial charge in [-0.25, -0.2) is 0 Å². The standard InChI is InChI=1S/C36H32Cl8N6O9/c1-3-45-35-25(49(51)52)5-7-31(47-35)58-27(33-21(37)13-19(14-22(33)38)56-11-9-29(41)42)17-55-18-28(59-32-8-6-26(50(53)54)36(48-32)46-4-2)34-23(39)15-20(16-24(34)40)57-12-10-30(43)44/h5-10,13-16,27-28H,3-4,11-12,17-18H2,1-2H3,(H,45,47)(H,46,48). The van der Waals surface area contributed by atoms with Crippen molar-refractivity contribution in [3.05, 3.63) is 121 Å². The third kappa shape index (κ3) is 14.1. The molecule has 0 saturated heterocycles. The third-order valence-corrected chi connectivity index (χ3v) is 9.44. The summed E-state index contributed by atoms with van der Waals surface area (Å²) in [5.41, 5.74) is -0.0787. The van der Waals surface area contributed by atoms with E-state index in [2.05, 4.69) is 20.6 Å². The summed E-state index contributed by atoms with van der Waals surface area (Å²) >= 11 is 49.9. The molecule has 2 aromatic carbocycles. The molecule has 0 aliphatic heterocycles. The summed E-state index contributed by atoms with van der Waals surface area (Å²) in [5.74, 6) is 0.385. The Morgan fingerprint density at radius 3 is 1.32 bits per heavy atom. The summed E-state index contributed by atoms with van der Waals surface area (Å²) < 4.78 is 30.1. The average molecular weight is 976 g/mol. The summed E-state index contributed by atoms with van der Waals surface area (Å²) in [7, 11) is 0. The SMILES string of the molecule is CCNc1nc(OC(COCC(Oc2ccc([N+](=O)[O-])c(NCC)n2)c2c(Cl)cc(OCC=C(Cl)Cl)cc2Cl)c2c(Cl)cc(OCC=C(Cl)Cl)cc2Cl)ccc1[N+](=O)[O-]. The average Bonchev–Trinajstić information content (AvgIpc) is 3.14. The van der Waals surface area contributed by atoms with E-state index in [4.69, 9.17) is 116 Å². The molecular formula is C36H32Cl8N6O9. The smallest absolute Gasteiger partial charge is 0.311 e. The van der Waals surface area contributed by atoms with E-state index >= 15 is 0 Å². The molecule has 0 amide bonds. The number of nitro groups is 2. The molecule has 59 heavy (non-hydrogen) atoms. The Morgan fingerprint density at radius 1 is 0.661 bits per heavy atom. The predicted octanol–water partition coefficient (Wildman–Crippen LogP) is 12.1. The first-order valence-electron chi connectivity index (χ1n) is 17.1. The van der Waals surface area contributed by atoms with E-state index in [1.54, 1.807) is 13.8 Å². The molecule has 316 valence electrons. The summed E-state index contributed by atoms with van der Waals surface area (Å²) in [4.78, 5) is 30.8.